The number of nitrogens with zero attached hydrogens (tertiary/aromatic N) is 3. The van der Waals surface area contributed by atoms with E-state index >= 15 is 0 Å². The van der Waals surface area contributed by atoms with Crippen LogP contribution in [0.25, 0.3) is 0 Å². The van der Waals surface area contributed by atoms with Crippen LogP contribution < -0.4 is 10.6 Å². The molecular formula is C23H30FIN4O2. The average molecular weight is 540 g/mol. The van der Waals surface area contributed by atoms with Gasteiger partial charge in [0.1, 0.15) is 12.4 Å². The van der Waals surface area contributed by atoms with E-state index < -0.39 is 0 Å². The number of carbonyl (C=O) groups is 1. The minimum atomic E-state index is -0.224. The summed E-state index contributed by atoms with van der Waals surface area (Å²) in [6.07, 6.45) is 1.90. The molecule has 0 atom stereocenters. The summed E-state index contributed by atoms with van der Waals surface area (Å²) in [6.45, 7) is 4.09. The van der Waals surface area contributed by atoms with Crippen molar-refractivity contribution in [2.24, 2.45) is 10.7 Å². The molecule has 1 heterocycles. The first-order valence-corrected chi connectivity index (χ1v) is 10.4. The molecule has 168 valence electrons. The van der Waals surface area contributed by atoms with E-state index in [0.29, 0.717) is 25.5 Å². The van der Waals surface area contributed by atoms with Gasteiger partial charge in [-0.2, -0.15) is 0 Å². The number of rotatable bonds is 8. The zero-order valence-corrected chi connectivity index (χ0v) is 19.9. The van der Waals surface area contributed by atoms with Gasteiger partial charge in [-0.15, -0.1) is 24.0 Å². The Morgan fingerprint density at radius 3 is 2.35 bits per heavy atom. The highest BCUT2D eigenvalue weighted by Crippen LogP contribution is 2.16. The molecule has 0 amide bonds. The quantitative estimate of drug-likeness (QED) is 0.182. The number of hydrogen-bond donors (Lipinski definition) is 1. The molecule has 0 saturated carbocycles. The van der Waals surface area contributed by atoms with Crippen LogP contribution in [0.2, 0.25) is 0 Å². The van der Waals surface area contributed by atoms with Crippen molar-refractivity contribution in [2.45, 2.75) is 25.9 Å². The first kappa shape index (κ1) is 24.9. The molecule has 31 heavy (non-hydrogen) atoms. The van der Waals surface area contributed by atoms with E-state index in [1.807, 2.05) is 30.3 Å². The van der Waals surface area contributed by atoms with E-state index in [0.717, 1.165) is 50.3 Å². The number of unbranched alkanes of at least 4 members (excludes halogenated alkanes) is 1. The number of ether oxygens (including phenoxy) is 1. The zero-order chi connectivity index (χ0) is 21.2. The summed E-state index contributed by atoms with van der Waals surface area (Å²) in [5.41, 5.74) is 8.13. The van der Waals surface area contributed by atoms with E-state index in [1.54, 1.807) is 12.1 Å². The van der Waals surface area contributed by atoms with Crippen LogP contribution in [0.3, 0.4) is 0 Å². The largest absolute Gasteiger partial charge is 0.461 e. The number of benzene rings is 2. The monoisotopic (exact) mass is 540 g/mol. The van der Waals surface area contributed by atoms with Gasteiger partial charge in [0.2, 0.25) is 0 Å². The number of guanidine groups is 1. The molecule has 3 rings (SSSR count). The lowest BCUT2D eigenvalue weighted by molar-refractivity contribution is -0.145. The Kier molecular flexibility index (Phi) is 10.6. The summed E-state index contributed by atoms with van der Waals surface area (Å²) in [5, 5.41) is 0. The van der Waals surface area contributed by atoms with Crippen LogP contribution in [0.15, 0.2) is 59.6 Å². The summed E-state index contributed by atoms with van der Waals surface area (Å²) in [5.74, 6) is 0.131. The number of esters is 1. The van der Waals surface area contributed by atoms with E-state index in [4.69, 9.17) is 10.5 Å². The van der Waals surface area contributed by atoms with Gasteiger partial charge in [0, 0.05) is 44.8 Å². The van der Waals surface area contributed by atoms with Crippen molar-refractivity contribution in [1.29, 1.82) is 0 Å². The van der Waals surface area contributed by atoms with E-state index in [-0.39, 0.29) is 35.8 Å². The summed E-state index contributed by atoms with van der Waals surface area (Å²) in [4.78, 5) is 20.5. The molecule has 6 nitrogen and oxygen atoms in total. The Morgan fingerprint density at radius 1 is 1.00 bits per heavy atom. The molecule has 0 spiro atoms. The van der Waals surface area contributed by atoms with Gasteiger partial charge in [-0.05, 0) is 42.7 Å². The number of piperazine rings is 1. The lowest BCUT2D eigenvalue weighted by Gasteiger charge is -2.36. The summed E-state index contributed by atoms with van der Waals surface area (Å²) >= 11 is 0. The smallest absolute Gasteiger partial charge is 0.306 e. The molecule has 0 unspecified atom stereocenters. The van der Waals surface area contributed by atoms with Crippen molar-refractivity contribution >= 4 is 41.6 Å². The Morgan fingerprint density at radius 2 is 1.68 bits per heavy atom. The number of hydrogen-bond acceptors (Lipinski definition) is 4. The minimum absolute atomic E-state index is 0. The third kappa shape index (κ3) is 8.35. The van der Waals surface area contributed by atoms with Gasteiger partial charge in [-0.25, -0.2) is 4.39 Å². The van der Waals surface area contributed by atoms with Crippen molar-refractivity contribution in [3.05, 3.63) is 66.0 Å². The van der Waals surface area contributed by atoms with E-state index in [2.05, 4.69) is 14.8 Å². The van der Waals surface area contributed by atoms with Gasteiger partial charge in [-0.3, -0.25) is 9.79 Å². The molecule has 0 aromatic heterocycles. The normalized spacial score (nSPS) is 14.2. The lowest BCUT2D eigenvalue weighted by Crippen LogP contribution is -2.51. The third-order valence-electron chi connectivity index (χ3n) is 5.10. The molecule has 1 aliphatic heterocycles. The first-order chi connectivity index (χ1) is 14.6. The Balaban J connectivity index is 0.00000341. The van der Waals surface area contributed by atoms with Crippen LogP contribution in [0.4, 0.5) is 10.1 Å². The molecule has 2 aromatic carbocycles. The fourth-order valence-corrected chi connectivity index (χ4v) is 3.33. The van der Waals surface area contributed by atoms with Crippen LogP contribution in [0, 0.1) is 5.82 Å². The fourth-order valence-electron chi connectivity index (χ4n) is 3.33. The molecular weight excluding hydrogens is 510 g/mol. The summed E-state index contributed by atoms with van der Waals surface area (Å²) in [7, 11) is 0. The highest BCUT2D eigenvalue weighted by atomic mass is 127. The van der Waals surface area contributed by atoms with Crippen LogP contribution in [-0.4, -0.2) is 49.6 Å². The first-order valence-electron chi connectivity index (χ1n) is 10.4. The van der Waals surface area contributed by atoms with Gasteiger partial charge in [0.15, 0.2) is 5.96 Å². The second kappa shape index (κ2) is 13.1. The van der Waals surface area contributed by atoms with Crippen molar-refractivity contribution in [3.8, 4) is 0 Å². The summed E-state index contributed by atoms with van der Waals surface area (Å²) < 4.78 is 18.3. The molecule has 1 aliphatic rings. The van der Waals surface area contributed by atoms with Crippen molar-refractivity contribution in [3.63, 3.8) is 0 Å². The van der Waals surface area contributed by atoms with Gasteiger partial charge >= 0.3 is 5.97 Å². The molecule has 0 aliphatic carbocycles. The number of carbonyl (C=O) groups excluding carboxylic acids is 1. The Hall–Kier alpha value is -2.36. The molecule has 2 N–H and O–H groups in total. The zero-order valence-electron chi connectivity index (χ0n) is 17.6. The highest BCUT2D eigenvalue weighted by molar-refractivity contribution is 14.0. The molecule has 2 aromatic rings. The van der Waals surface area contributed by atoms with Crippen LogP contribution >= 0.6 is 24.0 Å². The van der Waals surface area contributed by atoms with Gasteiger partial charge in [0.25, 0.3) is 0 Å². The van der Waals surface area contributed by atoms with Crippen LogP contribution in [-0.2, 0) is 16.1 Å². The SMILES string of the molecule is I.NC(=NCCCCC(=O)OCc1ccccc1)N1CCN(c2ccc(F)cc2)CC1. The third-order valence-corrected chi connectivity index (χ3v) is 5.10. The second-order valence-corrected chi connectivity index (χ2v) is 7.29. The molecule has 0 bridgehead atoms. The maximum Gasteiger partial charge on any atom is 0.306 e. The van der Waals surface area contributed by atoms with Gasteiger partial charge in [-0.1, -0.05) is 30.3 Å². The maximum absolute atomic E-state index is 13.1. The summed E-state index contributed by atoms with van der Waals surface area (Å²) in [6, 6.07) is 16.2. The van der Waals surface area contributed by atoms with Crippen molar-refractivity contribution < 1.29 is 13.9 Å². The number of anilines is 1. The van der Waals surface area contributed by atoms with Crippen LogP contribution in [0.5, 0.6) is 0 Å². The number of nitrogens with two attached hydrogens (primary N) is 1. The minimum Gasteiger partial charge on any atom is -0.461 e. The highest BCUT2D eigenvalue weighted by Gasteiger charge is 2.18. The number of aliphatic imine (C=N–C) groups is 1. The standard InChI is InChI=1S/C23H29FN4O2.HI/c24-20-9-11-21(12-10-20)27-14-16-28(17-15-27)23(25)26-13-5-4-8-22(29)30-18-19-6-2-1-3-7-19;/h1-3,6-7,9-12H,4-5,8,13-18H2,(H2,25,26);1H. The lowest BCUT2D eigenvalue weighted by atomic mass is 10.2. The molecule has 8 heteroatoms. The van der Waals surface area contributed by atoms with Crippen molar-refractivity contribution in [1.82, 2.24) is 4.90 Å². The molecule has 1 saturated heterocycles. The predicted octanol–water partition coefficient (Wildman–Crippen LogP) is 3.79. The van der Waals surface area contributed by atoms with E-state index in [1.165, 1.54) is 12.1 Å². The van der Waals surface area contributed by atoms with Crippen molar-refractivity contribution in [2.75, 3.05) is 37.6 Å². The van der Waals surface area contributed by atoms with Gasteiger partial charge < -0.3 is 20.3 Å². The molecule has 0 radical (unpaired) electrons. The second-order valence-electron chi connectivity index (χ2n) is 7.29. The Bertz CT molecular complexity index is 825. The van der Waals surface area contributed by atoms with Gasteiger partial charge in [0.05, 0.1) is 0 Å². The fraction of sp³-hybridized carbons (Fsp3) is 0.391. The van der Waals surface area contributed by atoms with Crippen LogP contribution in [0.1, 0.15) is 24.8 Å². The Labute approximate surface area is 200 Å². The molecule has 1 fully saturated rings. The predicted molar refractivity (Wildman–Crippen MR) is 132 cm³/mol. The van der Waals surface area contributed by atoms with E-state index in [9.17, 15) is 9.18 Å². The average Bonchev–Trinajstić information content (AvgIpc) is 2.78. The topological polar surface area (TPSA) is 71.2 Å². The number of halogens is 2. The maximum atomic E-state index is 13.1.